The summed E-state index contributed by atoms with van der Waals surface area (Å²) >= 11 is 0. The summed E-state index contributed by atoms with van der Waals surface area (Å²) in [5, 5.41) is 0. The van der Waals surface area contributed by atoms with E-state index >= 15 is 0 Å². The number of rotatable bonds is 3. The van der Waals surface area contributed by atoms with Gasteiger partial charge in [-0.3, -0.25) is 5.57 Å². The SMILES string of the molecule is CC[C-]=C([C-]=C(C)C)CC.[CH]1[CH][CH][CH][CH]1.[CH]1[CH][CH][CH][CH]1.[Ti+2]. The zero-order valence-corrected chi connectivity index (χ0v) is 15.2. The Labute approximate surface area is 149 Å². The molecule has 0 aliphatic heterocycles. The molecule has 2 aliphatic rings. The van der Waals surface area contributed by atoms with E-state index in [1.807, 2.05) is 64.2 Å². The maximum Gasteiger partial charge on any atom is 2.00 e. The summed E-state index contributed by atoms with van der Waals surface area (Å²) < 4.78 is 0. The Kier molecular flexibility index (Phi) is 20.4. The Morgan fingerprint density at radius 2 is 1.05 bits per heavy atom. The van der Waals surface area contributed by atoms with Gasteiger partial charge in [-0.1, -0.05) is 34.1 Å². The molecule has 0 N–H and O–H groups in total. The Hall–Kier alpha value is 0.194. The second-order valence-electron chi connectivity index (χ2n) is 4.41. The van der Waals surface area contributed by atoms with E-state index in [9.17, 15) is 0 Å². The third-order valence-corrected chi connectivity index (χ3v) is 2.26. The van der Waals surface area contributed by atoms with Gasteiger partial charge >= 0.3 is 21.7 Å². The summed E-state index contributed by atoms with van der Waals surface area (Å²) in [6, 6.07) is 0. The van der Waals surface area contributed by atoms with Gasteiger partial charge in [0, 0.05) is 0 Å². The summed E-state index contributed by atoms with van der Waals surface area (Å²) in [5.74, 6) is 0. The molecule has 2 aliphatic carbocycles. The Bertz CT molecular complexity index is 226. The molecule has 0 saturated heterocycles. The van der Waals surface area contributed by atoms with Gasteiger partial charge in [0.25, 0.3) is 0 Å². The number of allylic oxidation sites excluding steroid dienone is 4. The van der Waals surface area contributed by atoms with Crippen molar-refractivity contribution in [3.63, 3.8) is 0 Å². The standard InChI is InChI=1S/C10H16.2C5H5.Ti/c1-5-7-10(6-2)8-9(3)4;2*1-2-4-5-3-1;/h5-6H2,1-4H3;2*1-5H;/q-2;;;+2. The van der Waals surface area contributed by atoms with Crippen LogP contribution in [0.4, 0.5) is 0 Å². The molecule has 0 aromatic rings. The van der Waals surface area contributed by atoms with Crippen molar-refractivity contribution in [1.29, 1.82) is 0 Å². The summed E-state index contributed by atoms with van der Waals surface area (Å²) in [6.07, 6.45) is 28.5. The second kappa shape index (κ2) is 18.2. The van der Waals surface area contributed by atoms with Crippen LogP contribution in [0.1, 0.15) is 40.5 Å². The summed E-state index contributed by atoms with van der Waals surface area (Å²) in [6.45, 7) is 8.36. The predicted octanol–water partition coefficient (Wildman–Crippen LogP) is 5.35. The van der Waals surface area contributed by atoms with E-state index in [0.717, 1.165) is 12.8 Å². The average molecular weight is 314 g/mol. The second-order valence-corrected chi connectivity index (χ2v) is 4.41. The van der Waals surface area contributed by atoms with Gasteiger partial charge in [0.15, 0.2) is 0 Å². The Morgan fingerprint density at radius 1 is 0.714 bits per heavy atom. The summed E-state index contributed by atoms with van der Waals surface area (Å²) in [4.78, 5) is 0. The molecule has 0 unspecified atom stereocenters. The first-order chi connectivity index (χ1) is 9.70. The molecule has 21 heavy (non-hydrogen) atoms. The van der Waals surface area contributed by atoms with E-state index in [1.165, 1.54) is 11.1 Å². The molecule has 0 aromatic carbocycles. The van der Waals surface area contributed by atoms with Crippen molar-refractivity contribution in [2.75, 3.05) is 0 Å². The van der Waals surface area contributed by atoms with Crippen molar-refractivity contribution >= 4 is 0 Å². The van der Waals surface area contributed by atoms with Crippen LogP contribution in [-0.4, -0.2) is 0 Å². The molecule has 110 valence electrons. The fourth-order valence-electron chi connectivity index (χ4n) is 1.41. The monoisotopic (exact) mass is 314 g/mol. The largest absolute Gasteiger partial charge is 2.00 e. The fraction of sp³-hybridized carbons (Fsp3) is 0.300. The molecule has 2 saturated carbocycles. The first-order valence-corrected chi connectivity index (χ1v) is 7.20. The van der Waals surface area contributed by atoms with E-state index in [0.29, 0.717) is 0 Å². The molecular formula is C20H26Ti. The van der Waals surface area contributed by atoms with Gasteiger partial charge in [0.1, 0.15) is 0 Å². The number of hydrogen-bond acceptors (Lipinski definition) is 0. The summed E-state index contributed by atoms with van der Waals surface area (Å²) in [5.41, 5.74) is 2.44. The molecule has 0 aromatic heterocycles. The quantitative estimate of drug-likeness (QED) is 0.374. The van der Waals surface area contributed by atoms with Crippen molar-refractivity contribution in [1.82, 2.24) is 0 Å². The average Bonchev–Trinajstić information content (AvgIpc) is 3.15. The van der Waals surface area contributed by atoms with Crippen LogP contribution in [0.25, 0.3) is 0 Å². The van der Waals surface area contributed by atoms with E-state index in [2.05, 4.69) is 39.8 Å². The van der Waals surface area contributed by atoms with Crippen molar-refractivity contribution in [2.24, 2.45) is 0 Å². The molecule has 2 rings (SSSR count). The van der Waals surface area contributed by atoms with Gasteiger partial charge in [0.05, 0.1) is 0 Å². The Balaban J connectivity index is 0. The van der Waals surface area contributed by atoms with Crippen LogP contribution < -0.4 is 0 Å². The topological polar surface area (TPSA) is 0 Å². The minimum absolute atomic E-state index is 0. The van der Waals surface area contributed by atoms with Crippen molar-refractivity contribution in [2.45, 2.75) is 40.5 Å². The van der Waals surface area contributed by atoms with E-state index in [4.69, 9.17) is 0 Å². The molecule has 1 heteroatoms. The van der Waals surface area contributed by atoms with Crippen LogP contribution in [0.5, 0.6) is 0 Å². The molecule has 0 amide bonds. The Morgan fingerprint density at radius 3 is 1.24 bits per heavy atom. The van der Waals surface area contributed by atoms with Gasteiger partial charge < -0.3 is 17.7 Å². The van der Waals surface area contributed by atoms with Crippen LogP contribution in [0.15, 0.2) is 11.1 Å². The van der Waals surface area contributed by atoms with Gasteiger partial charge in [0.2, 0.25) is 0 Å². The van der Waals surface area contributed by atoms with E-state index in [-0.39, 0.29) is 21.7 Å². The van der Waals surface area contributed by atoms with Gasteiger partial charge in [-0.25, -0.2) is 0 Å². The minimum Gasteiger partial charge on any atom is -0.530 e. The van der Waals surface area contributed by atoms with Crippen LogP contribution in [0.2, 0.25) is 0 Å². The molecule has 0 heterocycles. The molecule has 0 spiro atoms. The molecule has 0 nitrogen and oxygen atoms in total. The first-order valence-electron chi connectivity index (χ1n) is 7.20. The third-order valence-electron chi connectivity index (χ3n) is 2.26. The van der Waals surface area contributed by atoms with Crippen molar-refractivity contribution in [3.8, 4) is 0 Å². The third kappa shape index (κ3) is 18.1. The number of hydrogen-bond donors (Lipinski definition) is 0. The van der Waals surface area contributed by atoms with Crippen molar-refractivity contribution in [3.05, 3.63) is 87.5 Å². The molecule has 0 bridgehead atoms. The van der Waals surface area contributed by atoms with E-state index < -0.39 is 0 Å². The predicted molar refractivity (Wildman–Crippen MR) is 88.4 cm³/mol. The maximum atomic E-state index is 3.25. The zero-order valence-electron chi connectivity index (χ0n) is 13.7. The van der Waals surface area contributed by atoms with Gasteiger partial charge in [-0.05, 0) is 64.2 Å². The zero-order chi connectivity index (χ0) is 15.1. The molecule has 10 radical (unpaired) electrons. The molecule has 2 fully saturated rings. The molecular weight excluding hydrogens is 288 g/mol. The van der Waals surface area contributed by atoms with Gasteiger partial charge in [-0.15, -0.1) is 0 Å². The molecule has 0 atom stereocenters. The maximum absolute atomic E-state index is 3.25. The summed E-state index contributed by atoms with van der Waals surface area (Å²) in [7, 11) is 0. The van der Waals surface area contributed by atoms with Crippen LogP contribution in [-0.2, 0) is 21.7 Å². The normalized spacial score (nSPS) is 16.9. The van der Waals surface area contributed by atoms with Crippen LogP contribution >= 0.6 is 0 Å². The minimum atomic E-state index is 0. The van der Waals surface area contributed by atoms with Crippen LogP contribution in [0.3, 0.4) is 0 Å². The fourth-order valence-corrected chi connectivity index (χ4v) is 1.41. The van der Waals surface area contributed by atoms with Gasteiger partial charge in [-0.2, -0.15) is 6.42 Å². The first kappa shape index (κ1) is 23.5. The van der Waals surface area contributed by atoms with Crippen molar-refractivity contribution < 1.29 is 21.7 Å². The van der Waals surface area contributed by atoms with E-state index in [1.54, 1.807) is 0 Å². The van der Waals surface area contributed by atoms with Crippen LogP contribution in [0, 0.1) is 76.4 Å². The smallest absolute Gasteiger partial charge is 0.530 e.